The summed E-state index contributed by atoms with van der Waals surface area (Å²) in [5.41, 5.74) is 0. The largest absolute Gasteiger partial charge is 0.309 e. The van der Waals surface area contributed by atoms with E-state index in [0.29, 0.717) is 6.04 Å². The van der Waals surface area contributed by atoms with Crippen molar-refractivity contribution in [3.8, 4) is 0 Å². The third-order valence-electron chi connectivity index (χ3n) is 3.69. The van der Waals surface area contributed by atoms with Crippen molar-refractivity contribution >= 4 is 15.9 Å². The molecule has 0 unspecified atom stereocenters. The Balaban J connectivity index is 2.24. The molecule has 17 heavy (non-hydrogen) atoms. The lowest BCUT2D eigenvalue weighted by Gasteiger charge is -2.19. The lowest BCUT2D eigenvalue weighted by atomic mass is 9.98. The van der Waals surface area contributed by atoms with E-state index >= 15 is 0 Å². The Morgan fingerprint density at radius 3 is 1.71 bits per heavy atom. The molecule has 0 aromatic carbocycles. The molecule has 1 rings (SSSR count). The van der Waals surface area contributed by atoms with Crippen molar-refractivity contribution in [3.63, 3.8) is 0 Å². The summed E-state index contributed by atoms with van der Waals surface area (Å²) in [7, 11) is 0. The van der Waals surface area contributed by atoms with Gasteiger partial charge < -0.3 is 5.32 Å². The summed E-state index contributed by atoms with van der Waals surface area (Å²) in [5, 5.41) is 3.63. The van der Waals surface area contributed by atoms with Gasteiger partial charge in [-0.05, 0) is 12.8 Å². The van der Waals surface area contributed by atoms with Gasteiger partial charge in [0, 0.05) is 17.1 Å². The predicted octanol–water partition coefficient (Wildman–Crippen LogP) is 5.16. The van der Waals surface area contributed by atoms with Gasteiger partial charge >= 0.3 is 0 Å². The van der Waals surface area contributed by atoms with Gasteiger partial charge in [-0.2, -0.15) is 0 Å². The van der Waals surface area contributed by atoms with Crippen molar-refractivity contribution in [3.05, 3.63) is 11.1 Å². The molecule has 0 heterocycles. The summed E-state index contributed by atoms with van der Waals surface area (Å²) in [6.07, 6.45) is 15.6. The molecule has 1 aliphatic carbocycles. The second-order valence-corrected chi connectivity index (χ2v) is 6.48. The maximum Gasteiger partial charge on any atom is 0.0268 e. The van der Waals surface area contributed by atoms with Crippen LogP contribution in [0.3, 0.4) is 0 Å². The monoisotopic (exact) mass is 301 g/mol. The maximum absolute atomic E-state index is 3.90. The molecule has 0 aliphatic heterocycles. The number of rotatable bonds is 3. The third kappa shape index (κ3) is 8.84. The Bertz CT molecular complexity index is 191. The van der Waals surface area contributed by atoms with Gasteiger partial charge in [-0.25, -0.2) is 0 Å². The average Bonchev–Trinajstić information content (AvgIpc) is 2.28. The van der Waals surface area contributed by atoms with Crippen LogP contribution in [-0.2, 0) is 0 Å². The second kappa shape index (κ2) is 10.1. The van der Waals surface area contributed by atoms with Crippen LogP contribution in [0.15, 0.2) is 11.1 Å². The van der Waals surface area contributed by atoms with Gasteiger partial charge in [0.25, 0.3) is 0 Å². The zero-order chi connectivity index (χ0) is 12.3. The number of nitrogens with one attached hydrogen (secondary N) is 1. The molecule has 1 saturated carbocycles. The summed E-state index contributed by atoms with van der Waals surface area (Å²) in [6.45, 7) is 4.82. The fourth-order valence-corrected chi connectivity index (χ4v) is 2.78. The Morgan fingerprint density at radius 1 is 0.882 bits per heavy atom. The minimum atomic E-state index is 0.712. The van der Waals surface area contributed by atoms with Crippen LogP contribution >= 0.6 is 15.9 Å². The van der Waals surface area contributed by atoms with Crippen LogP contribution in [0.2, 0.25) is 0 Å². The van der Waals surface area contributed by atoms with Crippen LogP contribution in [0, 0.1) is 0 Å². The molecule has 2 heteroatoms. The van der Waals surface area contributed by atoms with Crippen LogP contribution in [0.5, 0.6) is 0 Å². The molecule has 0 spiro atoms. The molecule has 0 radical (unpaired) electrons. The first kappa shape index (κ1) is 15.2. The van der Waals surface area contributed by atoms with Crippen molar-refractivity contribution in [2.24, 2.45) is 0 Å². The molecule has 1 fully saturated rings. The zero-order valence-corrected chi connectivity index (χ0v) is 12.7. The van der Waals surface area contributed by atoms with Gasteiger partial charge in [-0.15, -0.1) is 0 Å². The smallest absolute Gasteiger partial charge is 0.0268 e. The normalized spacial score (nSPS) is 21.5. The van der Waals surface area contributed by atoms with E-state index in [-0.39, 0.29) is 0 Å². The van der Waals surface area contributed by atoms with E-state index in [1.54, 1.807) is 0 Å². The van der Waals surface area contributed by atoms with Crippen molar-refractivity contribution in [1.82, 2.24) is 5.32 Å². The van der Waals surface area contributed by atoms with Gasteiger partial charge in [0.2, 0.25) is 0 Å². The van der Waals surface area contributed by atoms with Gasteiger partial charge in [0.1, 0.15) is 0 Å². The highest BCUT2D eigenvalue weighted by Crippen LogP contribution is 2.17. The second-order valence-electron chi connectivity index (χ2n) is 5.35. The number of hydrogen-bond donors (Lipinski definition) is 1. The van der Waals surface area contributed by atoms with E-state index < -0.39 is 0 Å². The highest BCUT2D eigenvalue weighted by molar-refractivity contribution is 9.11. The van der Waals surface area contributed by atoms with E-state index in [1.165, 1.54) is 70.6 Å². The Kier molecular flexibility index (Phi) is 9.08. The van der Waals surface area contributed by atoms with E-state index in [9.17, 15) is 0 Å². The maximum atomic E-state index is 3.90. The fourth-order valence-electron chi connectivity index (χ4n) is 2.62. The minimum absolute atomic E-state index is 0.712. The first-order valence-corrected chi connectivity index (χ1v) is 8.15. The van der Waals surface area contributed by atoms with Gasteiger partial charge in [-0.3, -0.25) is 0 Å². The summed E-state index contributed by atoms with van der Waals surface area (Å²) in [5.74, 6) is 0. The van der Waals surface area contributed by atoms with Gasteiger partial charge in [0.05, 0.1) is 0 Å². The van der Waals surface area contributed by atoms with Crippen molar-refractivity contribution in [2.45, 2.75) is 76.7 Å². The summed E-state index contributed by atoms with van der Waals surface area (Å²) in [6, 6.07) is 0.712. The van der Waals surface area contributed by atoms with Crippen molar-refractivity contribution in [1.29, 1.82) is 0 Å². The average molecular weight is 302 g/mol. The Labute approximate surface area is 116 Å². The molecule has 0 atom stereocenters. The van der Waals surface area contributed by atoms with Gasteiger partial charge in [0.15, 0.2) is 0 Å². The summed E-state index contributed by atoms with van der Waals surface area (Å²) in [4.78, 5) is 0. The minimum Gasteiger partial charge on any atom is -0.309 e. The van der Waals surface area contributed by atoms with Crippen LogP contribution in [0.1, 0.15) is 70.6 Å². The van der Waals surface area contributed by atoms with Crippen LogP contribution in [0.25, 0.3) is 0 Å². The summed E-state index contributed by atoms with van der Waals surface area (Å²) < 4.78 is 1.07. The predicted molar refractivity (Wildman–Crippen MR) is 80.6 cm³/mol. The molecule has 1 aliphatic rings. The SMILES string of the molecule is C=C(Br)CNC1CCCCCCCCCCC1. The molecule has 0 aromatic rings. The third-order valence-corrected chi connectivity index (χ3v) is 3.97. The van der Waals surface area contributed by atoms with Crippen molar-refractivity contribution in [2.75, 3.05) is 6.54 Å². The molecular formula is C15H28BrN. The van der Waals surface area contributed by atoms with Crippen LogP contribution < -0.4 is 5.32 Å². The van der Waals surface area contributed by atoms with E-state index in [4.69, 9.17) is 0 Å². The molecule has 0 amide bonds. The highest BCUT2D eigenvalue weighted by Gasteiger charge is 2.08. The quantitative estimate of drug-likeness (QED) is 0.759. The van der Waals surface area contributed by atoms with E-state index in [1.807, 2.05) is 0 Å². The molecular weight excluding hydrogens is 274 g/mol. The van der Waals surface area contributed by atoms with E-state index in [2.05, 4.69) is 27.8 Å². The molecule has 100 valence electrons. The van der Waals surface area contributed by atoms with E-state index in [0.717, 1.165) is 11.0 Å². The topological polar surface area (TPSA) is 12.0 Å². The zero-order valence-electron chi connectivity index (χ0n) is 11.1. The highest BCUT2D eigenvalue weighted by atomic mass is 79.9. The lowest BCUT2D eigenvalue weighted by Crippen LogP contribution is -2.30. The Hall–Kier alpha value is 0.180. The first-order valence-electron chi connectivity index (χ1n) is 7.35. The molecule has 0 aromatic heterocycles. The Morgan fingerprint density at radius 2 is 1.29 bits per heavy atom. The number of halogens is 1. The molecule has 0 saturated heterocycles. The van der Waals surface area contributed by atoms with Crippen molar-refractivity contribution < 1.29 is 0 Å². The molecule has 1 nitrogen and oxygen atoms in total. The summed E-state index contributed by atoms with van der Waals surface area (Å²) >= 11 is 3.43. The first-order chi connectivity index (χ1) is 8.29. The van der Waals surface area contributed by atoms with Crippen LogP contribution in [-0.4, -0.2) is 12.6 Å². The standard InChI is InChI=1S/C15H28BrN/c1-14(16)13-17-15-11-9-7-5-3-2-4-6-8-10-12-15/h15,17H,1-13H2. The molecule has 0 bridgehead atoms. The van der Waals surface area contributed by atoms with Crippen LogP contribution in [0.4, 0.5) is 0 Å². The molecule has 1 N–H and O–H groups in total. The van der Waals surface area contributed by atoms with Gasteiger partial charge in [-0.1, -0.05) is 80.3 Å². The fraction of sp³-hybridized carbons (Fsp3) is 0.867. The number of hydrogen-bond acceptors (Lipinski definition) is 1. The lowest BCUT2D eigenvalue weighted by molar-refractivity contribution is 0.415.